The van der Waals surface area contributed by atoms with Crippen molar-refractivity contribution >= 4 is 31.6 Å². The number of hydrogen-bond donors (Lipinski definition) is 0. The van der Waals surface area contributed by atoms with E-state index in [2.05, 4.69) is 182 Å². The van der Waals surface area contributed by atoms with Gasteiger partial charge in [0.1, 0.15) is 11.5 Å². The maximum Gasteiger partial charge on any atom is 0.164 e. The zero-order valence-electron chi connectivity index (χ0n) is 36.9. The fourth-order valence-corrected chi connectivity index (χ4v) is 11.8. The van der Waals surface area contributed by atoms with Crippen molar-refractivity contribution in [1.29, 1.82) is 0 Å². The molecule has 0 fully saturated rings. The third-order valence-electron chi connectivity index (χ3n) is 13.6. The predicted molar refractivity (Wildman–Crippen MR) is 278 cm³/mol. The third-order valence-corrected chi connectivity index (χ3v) is 14.8. The van der Waals surface area contributed by atoms with Gasteiger partial charge >= 0.3 is 0 Å². The molecule has 0 amide bonds. The largest absolute Gasteiger partial charge is 0.457 e. The van der Waals surface area contributed by atoms with Crippen molar-refractivity contribution in [1.82, 2.24) is 24.9 Å². The van der Waals surface area contributed by atoms with Gasteiger partial charge in [-0.05, 0) is 57.6 Å². The van der Waals surface area contributed by atoms with E-state index in [1.54, 1.807) is 11.3 Å². The maximum atomic E-state index is 6.77. The molecule has 1 spiro atoms. The minimum absolute atomic E-state index is 0.595. The Bertz CT molecular complexity index is 3900. The van der Waals surface area contributed by atoms with E-state index in [0.717, 1.165) is 105 Å². The molecule has 0 saturated heterocycles. The summed E-state index contributed by atoms with van der Waals surface area (Å²) in [6, 6.07) is 78.4. The molecule has 1 aliphatic heterocycles. The molecule has 0 unspecified atom stereocenters. The van der Waals surface area contributed by atoms with Gasteiger partial charge in [0.2, 0.25) is 0 Å². The smallest absolute Gasteiger partial charge is 0.164 e. The summed E-state index contributed by atoms with van der Waals surface area (Å²) >= 11 is 1.75. The molecule has 4 heterocycles. The summed E-state index contributed by atoms with van der Waals surface area (Å²) in [6.45, 7) is 0. The van der Waals surface area contributed by atoms with Crippen LogP contribution < -0.4 is 4.74 Å². The Kier molecular flexibility index (Phi) is 8.87. The standard InChI is InChI=1S/C62H37N5OS/c1-4-19-38(20-5-1)55-57-56(44-27-10-15-36-52(44)69-57)64-60(63-55)42-26-16-25-41(37-42)43-28-17-32-48-53(43)54-45(61-66-58(39-21-6-2-7-22-39)65-59(67-61)40-23-8-3-9-24-40)29-18-33-49(54)62(48)46-30-11-13-34-50(46)68-51-35-14-12-31-47(51)62/h1-37H. The van der Waals surface area contributed by atoms with E-state index < -0.39 is 5.41 Å². The second kappa shape index (κ2) is 15.6. The van der Waals surface area contributed by atoms with Crippen LogP contribution in [0.1, 0.15) is 22.3 Å². The van der Waals surface area contributed by atoms with Gasteiger partial charge in [0.15, 0.2) is 23.3 Å². The average molecular weight is 900 g/mol. The Morgan fingerprint density at radius 3 is 1.49 bits per heavy atom. The van der Waals surface area contributed by atoms with Crippen LogP contribution in [-0.4, -0.2) is 24.9 Å². The monoisotopic (exact) mass is 899 g/mol. The molecule has 12 aromatic rings. The van der Waals surface area contributed by atoms with Crippen molar-refractivity contribution in [2.75, 3.05) is 0 Å². The second-order valence-corrected chi connectivity index (χ2v) is 18.5. The van der Waals surface area contributed by atoms with Crippen molar-refractivity contribution in [3.05, 3.63) is 247 Å². The lowest BCUT2D eigenvalue weighted by atomic mass is 9.66. The Hall–Kier alpha value is -8.91. The van der Waals surface area contributed by atoms with E-state index in [4.69, 9.17) is 29.7 Å². The summed E-state index contributed by atoms with van der Waals surface area (Å²) in [4.78, 5) is 26.5. The Morgan fingerprint density at radius 2 is 0.826 bits per heavy atom. The van der Waals surface area contributed by atoms with E-state index >= 15 is 0 Å². The van der Waals surface area contributed by atoms with Crippen molar-refractivity contribution in [3.63, 3.8) is 0 Å². The van der Waals surface area contributed by atoms with Crippen LogP contribution in [0.5, 0.6) is 11.5 Å². The average Bonchev–Trinajstić information content (AvgIpc) is 3.95. The first-order valence-corrected chi connectivity index (χ1v) is 23.9. The topological polar surface area (TPSA) is 73.7 Å². The summed E-state index contributed by atoms with van der Waals surface area (Å²) in [6.07, 6.45) is 0. The fraction of sp³-hybridized carbons (Fsp3) is 0.0161. The zero-order chi connectivity index (χ0) is 45.5. The number of aromatic nitrogens is 5. The highest BCUT2D eigenvalue weighted by Gasteiger charge is 2.52. The first-order chi connectivity index (χ1) is 34.2. The quantitative estimate of drug-likeness (QED) is 0.166. The third kappa shape index (κ3) is 6.07. The van der Waals surface area contributed by atoms with Crippen LogP contribution in [0.25, 0.3) is 99.4 Å². The molecule has 322 valence electrons. The molecule has 0 saturated carbocycles. The number of hydrogen-bond acceptors (Lipinski definition) is 7. The first-order valence-electron chi connectivity index (χ1n) is 23.1. The Morgan fingerprint density at radius 1 is 0.348 bits per heavy atom. The highest BCUT2D eigenvalue weighted by Crippen LogP contribution is 2.64. The minimum Gasteiger partial charge on any atom is -0.457 e. The molecule has 0 radical (unpaired) electrons. The molecular formula is C62H37N5OS. The van der Waals surface area contributed by atoms with Crippen molar-refractivity contribution in [3.8, 4) is 90.6 Å². The molecule has 69 heavy (non-hydrogen) atoms. The fourth-order valence-electron chi connectivity index (χ4n) is 10.7. The lowest BCUT2D eigenvalue weighted by molar-refractivity contribution is 0.436. The molecule has 7 heteroatoms. The van der Waals surface area contributed by atoms with Gasteiger partial charge in [0.25, 0.3) is 0 Å². The number of para-hydroxylation sites is 2. The lowest BCUT2D eigenvalue weighted by Crippen LogP contribution is -2.32. The number of ether oxygens (including phenoxy) is 1. The molecule has 14 rings (SSSR count). The minimum atomic E-state index is -0.740. The highest BCUT2D eigenvalue weighted by molar-refractivity contribution is 7.26. The SMILES string of the molecule is c1ccc(-c2nc(-c3ccccc3)nc(-c3cccc4c3-c3c(-c5cccc(-c6nc(-c7ccccc7)c7sc8ccccc8c7n6)c5)cccc3C43c4ccccc4Oc4ccccc43)n2)cc1. The summed E-state index contributed by atoms with van der Waals surface area (Å²) < 4.78 is 9.04. The van der Waals surface area contributed by atoms with Crippen molar-refractivity contribution in [2.45, 2.75) is 5.41 Å². The lowest BCUT2D eigenvalue weighted by Gasteiger charge is -2.39. The van der Waals surface area contributed by atoms with Gasteiger partial charge in [-0.1, -0.05) is 200 Å². The normalized spacial score (nSPS) is 12.9. The van der Waals surface area contributed by atoms with Gasteiger partial charge in [0.05, 0.1) is 21.3 Å². The first kappa shape index (κ1) is 39.3. The molecule has 1 aliphatic carbocycles. The van der Waals surface area contributed by atoms with Crippen LogP contribution in [-0.2, 0) is 5.41 Å². The number of rotatable bonds is 6. The number of benzene rings is 9. The van der Waals surface area contributed by atoms with E-state index in [-0.39, 0.29) is 0 Å². The molecule has 9 aromatic carbocycles. The maximum absolute atomic E-state index is 6.77. The van der Waals surface area contributed by atoms with E-state index in [0.29, 0.717) is 23.3 Å². The van der Waals surface area contributed by atoms with Crippen LogP contribution in [0.15, 0.2) is 224 Å². The van der Waals surface area contributed by atoms with E-state index in [1.807, 2.05) is 42.5 Å². The Labute approximate surface area is 402 Å². The van der Waals surface area contributed by atoms with E-state index in [9.17, 15) is 0 Å². The number of fused-ring (bicyclic) bond motifs is 12. The molecule has 0 N–H and O–H groups in total. The molecule has 3 aromatic heterocycles. The van der Waals surface area contributed by atoms with Gasteiger partial charge < -0.3 is 4.74 Å². The van der Waals surface area contributed by atoms with Gasteiger partial charge in [-0.2, -0.15) is 0 Å². The summed E-state index contributed by atoms with van der Waals surface area (Å²) in [5.74, 6) is 4.15. The summed E-state index contributed by atoms with van der Waals surface area (Å²) in [7, 11) is 0. The van der Waals surface area contributed by atoms with Crippen LogP contribution in [0.3, 0.4) is 0 Å². The summed E-state index contributed by atoms with van der Waals surface area (Å²) in [5, 5.41) is 1.13. The van der Waals surface area contributed by atoms with E-state index in [1.165, 1.54) is 4.70 Å². The Balaban J connectivity index is 1.05. The van der Waals surface area contributed by atoms with Gasteiger partial charge in [0, 0.05) is 49.0 Å². The number of nitrogens with zero attached hydrogens (tertiary/aromatic N) is 5. The van der Waals surface area contributed by atoms with Crippen molar-refractivity contribution < 1.29 is 4.74 Å². The zero-order valence-corrected chi connectivity index (χ0v) is 37.7. The predicted octanol–water partition coefficient (Wildman–Crippen LogP) is 15.5. The van der Waals surface area contributed by atoms with Gasteiger partial charge in [-0.25, -0.2) is 24.9 Å². The van der Waals surface area contributed by atoms with Crippen molar-refractivity contribution in [2.24, 2.45) is 0 Å². The van der Waals surface area contributed by atoms with Crippen LogP contribution >= 0.6 is 11.3 Å². The van der Waals surface area contributed by atoms with Crippen LogP contribution in [0, 0.1) is 0 Å². The second-order valence-electron chi connectivity index (χ2n) is 17.5. The summed E-state index contributed by atoms with van der Waals surface area (Å²) in [5.41, 5.74) is 14.6. The molecule has 0 atom stereocenters. The molecule has 0 bridgehead atoms. The van der Waals surface area contributed by atoms with Gasteiger partial charge in [-0.3, -0.25) is 0 Å². The highest BCUT2D eigenvalue weighted by atomic mass is 32.1. The molecule has 2 aliphatic rings. The molecule has 6 nitrogen and oxygen atoms in total. The number of thiophene rings is 1. The van der Waals surface area contributed by atoms with Crippen LogP contribution in [0.2, 0.25) is 0 Å². The van der Waals surface area contributed by atoms with Crippen LogP contribution in [0.4, 0.5) is 0 Å². The molecular weight excluding hydrogens is 863 g/mol. The van der Waals surface area contributed by atoms with Gasteiger partial charge in [-0.15, -0.1) is 11.3 Å².